The molecule has 0 bridgehead atoms. The van der Waals surface area contributed by atoms with Gasteiger partial charge in [0.05, 0.1) is 5.76 Å². The van der Waals surface area contributed by atoms with Crippen molar-refractivity contribution in [3.8, 4) is 5.88 Å². The number of pyridine rings is 1. The Morgan fingerprint density at radius 3 is 2.45 bits per heavy atom. The number of rotatable bonds is 8. The van der Waals surface area contributed by atoms with E-state index in [2.05, 4.69) is 39.5 Å². The summed E-state index contributed by atoms with van der Waals surface area (Å²) in [7, 11) is 0. The van der Waals surface area contributed by atoms with Crippen LogP contribution in [0.3, 0.4) is 0 Å². The number of benzene rings is 1. The van der Waals surface area contributed by atoms with Crippen LogP contribution < -0.4 is 10.1 Å². The summed E-state index contributed by atoms with van der Waals surface area (Å²) in [6.45, 7) is 3.02. The summed E-state index contributed by atoms with van der Waals surface area (Å²) in [4.78, 5) is 18.9. The van der Waals surface area contributed by atoms with Crippen molar-refractivity contribution in [2.45, 2.75) is 38.3 Å². The smallest absolute Gasteiger partial charge is 0.258 e. The highest BCUT2D eigenvalue weighted by Gasteiger charge is 2.21. The fourth-order valence-electron chi connectivity index (χ4n) is 3.85. The Labute approximate surface area is 183 Å². The highest BCUT2D eigenvalue weighted by molar-refractivity contribution is 5.77. The number of nitrogens with one attached hydrogen (secondary N) is 1. The van der Waals surface area contributed by atoms with Gasteiger partial charge in [0.1, 0.15) is 5.76 Å². The van der Waals surface area contributed by atoms with Crippen molar-refractivity contribution in [1.29, 1.82) is 0 Å². The van der Waals surface area contributed by atoms with Crippen LogP contribution in [0, 0.1) is 0 Å². The molecule has 0 atom stereocenters. The van der Waals surface area contributed by atoms with Gasteiger partial charge in [-0.3, -0.25) is 9.69 Å². The highest BCUT2D eigenvalue weighted by atomic mass is 16.5. The lowest BCUT2D eigenvalue weighted by Gasteiger charge is -2.32. The highest BCUT2D eigenvalue weighted by Crippen LogP contribution is 2.21. The number of nitrogens with zero attached hydrogens (tertiary/aromatic N) is 2. The zero-order valence-electron chi connectivity index (χ0n) is 17.7. The molecule has 0 saturated carbocycles. The van der Waals surface area contributed by atoms with E-state index in [1.54, 1.807) is 6.20 Å². The van der Waals surface area contributed by atoms with Gasteiger partial charge in [0.25, 0.3) is 5.91 Å². The minimum Gasteiger partial charge on any atom is -0.488 e. The molecule has 2 heterocycles. The fourth-order valence-corrected chi connectivity index (χ4v) is 3.85. The fraction of sp³-hybridized carbons (Fsp3) is 0.360. The second-order valence-electron chi connectivity index (χ2n) is 7.93. The lowest BCUT2D eigenvalue weighted by atomic mass is 10.0. The predicted octanol–water partition coefficient (Wildman–Crippen LogP) is 3.82. The molecule has 2 aliphatic rings. The average molecular weight is 420 g/mol. The van der Waals surface area contributed by atoms with Gasteiger partial charge >= 0.3 is 0 Å². The summed E-state index contributed by atoms with van der Waals surface area (Å²) in [6, 6.07) is 16.3. The number of amides is 1. The van der Waals surface area contributed by atoms with E-state index in [0.717, 1.165) is 50.4 Å². The molecule has 162 valence electrons. The first kappa shape index (κ1) is 21.1. The Hall–Kier alpha value is -3.12. The van der Waals surface area contributed by atoms with Crippen molar-refractivity contribution in [1.82, 2.24) is 15.2 Å². The number of piperidine rings is 1. The van der Waals surface area contributed by atoms with Gasteiger partial charge in [-0.05, 0) is 36.6 Å². The minimum absolute atomic E-state index is 0.0538. The van der Waals surface area contributed by atoms with Crippen LogP contribution in [-0.4, -0.2) is 41.5 Å². The predicted molar refractivity (Wildman–Crippen MR) is 119 cm³/mol. The molecule has 1 aromatic heterocycles. The van der Waals surface area contributed by atoms with Gasteiger partial charge in [-0.1, -0.05) is 36.4 Å². The molecule has 31 heavy (non-hydrogen) atoms. The number of hydrogen-bond acceptors (Lipinski definition) is 5. The zero-order valence-corrected chi connectivity index (χ0v) is 17.7. The number of ether oxygens (including phenoxy) is 2. The average Bonchev–Trinajstić information content (AvgIpc) is 2.81. The van der Waals surface area contributed by atoms with Gasteiger partial charge in [-0.25, -0.2) is 4.98 Å². The van der Waals surface area contributed by atoms with Crippen LogP contribution in [0.1, 0.15) is 31.2 Å². The van der Waals surface area contributed by atoms with Crippen molar-refractivity contribution in [2.24, 2.45) is 0 Å². The summed E-state index contributed by atoms with van der Waals surface area (Å²) in [6.07, 6.45) is 8.84. The molecule has 1 saturated heterocycles. The van der Waals surface area contributed by atoms with Crippen molar-refractivity contribution >= 4 is 5.91 Å². The molecule has 0 unspecified atom stereocenters. The zero-order chi connectivity index (χ0) is 21.3. The molecule has 6 nitrogen and oxygen atoms in total. The topological polar surface area (TPSA) is 63.7 Å². The first-order valence-electron chi connectivity index (χ1n) is 10.9. The Bertz CT molecular complexity index is 904. The molecular formula is C25H29N3O3. The van der Waals surface area contributed by atoms with Crippen molar-refractivity contribution in [3.05, 3.63) is 84.0 Å². The van der Waals surface area contributed by atoms with Gasteiger partial charge in [0.2, 0.25) is 5.88 Å². The van der Waals surface area contributed by atoms with Crippen LogP contribution in [0.2, 0.25) is 0 Å². The van der Waals surface area contributed by atoms with Crippen LogP contribution in [0.4, 0.5) is 0 Å². The Balaban J connectivity index is 1.15. The van der Waals surface area contributed by atoms with Gasteiger partial charge < -0.3 is 14.8 Å². The Morgan fingerprint density at radius 1 is 1.00 bits per heavy atom. The maximum absolute atomic E-state index is 12.3. The summed E-state index contributed by atoms with van der Waals surface area (Å²) < 4.78 is 11.5. The maximum Gasteiger partial charge on any atom is 0.258 e. The SMILES string of the molecule is O=C(COC1=CC=C(Oc2ccccn2)CC1)NC1CCN(Cc2ccccc2)CC1. The number of likely N-dealkylation sites (tertiary alicyclic amines) is 1. The molecule has 1 aliphatic carbocycles. The van der Waals surface area contributed by atoms with E-state index in [4.69, 9.17) is 9.47 Å². The third-order valence-electron chi connectivity index (χ3n) is 5.54. The van der Waals surface area contributed by atoms with Crippen LogP contribution >= 0.6 is 0 Å². The van der Waals surface area contributed by atoms with E-state index >= 15 is 0 Å². The van der Waals surface area contributed by atoms with Crippen molar-refractivity contribution in [3.63, 3.8) is 0 Å². The number of carbonyl (C=O) groups is 1. The Kier molecular flexibility index (Phi) is 7.34. The summed E-state index contributed by atoms with van der Waals surface area (Å²) in [5, 5.41) is 3.12. The molecule has 1 aliphatic heterocycles. The first-order chi connectivity index (χ1) is 15.2. The van der Waals surface area contributed by atoms with Crippen molar-refractivity contribution < 1.29 is 14.3 Å². The van der Waals surface area contributed by atoms with Gasteiger partial charge in [0.15, 0.2) is 6.61 Å². The first-order valence-corrected chi connectivity index (χ1v) is 10.9. The van der Waals surface area contributed by atoms with Crippen LogP contribution in [0.25, 0.3) is 0 Å². The molecule has 4 rings (SSSR count). The maximum atomic E-state index is 12.3. The quantitative estimate of drug-likeness (QED) is 0.705. The van der Waals surface area contributed by atoms with Crippen molar-refractivity contribution in [2.75, 3.05) is 19.7 Å². The monoisotopic (exact) mass is 419 g/mol. The number of hydrogen-bond donors (Lipinski definition) is 1. The van der Waals surface area contributed by atoms with E-state index in [9.17, 15) is 4.79 Å². The van der Waals surface area contributed by atoms with E-state index in [1.807, 2.05) is 36.4 Å². The van der Waals surface area contributed by atoms with Crippen LogP contribution in [0.15, 0.2) is 78.4 Å². The molecule has 1 N–H and O–H groups in total. The lowest BCUT2D eigenvalue weighted by molar-refractivity contribution is -0.125. The number of carbonyl (C=O) groups excluding carboxylic acids is 1. The normalized spacial score (nSPS) is 17.4. The molecule has 0 radical (unpaired) electrons. The number of aromatic nitrogens is 1. The van der Waals surface area contributed by atoms with E-state index in [1.165, 1.54) is 5.56 Å². The lowest BCUT2D eigenvalue weighted by Crippen LogP contribution is -2.45. The number of allylic oxidation sites excluding steroid dienone is 4. The van der Waals surface area contributed by atoms with Gasteiger partial charge in [0, 0.05) is 50.8 Å². The van der Waals surface area contributed by atoms with Crippen LogP contribution in [-0.2, 0) is 16.1 Å². The summed E-state index contributed by atoms with van der Waals surface area (Å²) >= 11 is 0. The summed E-state index contributed by atoms with van der Waals surface area (Å²) in [5.74, 6) is 2.18. The van der Waals surface area contributed by atoms with E-state index < -0.39 is 0 Å². The molecule has 1 fully saturated rings. The molecule has 0 spiro atoms. The minimum atomic E-state index is -0.0538. The van der Waals surface area contributed by atoms with Gasteiger partial charge in [-0.2, -0.15) is 0 Å². The second kappa shape index (κ2) is 10.8. The second-order valence-corrected chi connectivity index (χ2v) is 7.93. The molecule has 6 heteroatoms. The molecule has 1 aromatic carbocycles. The van der Waals surface area contributed by atoms with E-state index in [0.29, 0.717) is 12.3 Å². The third-order valence-corrected chi connectivity index (χ3v) is 5.54. The van der Waals surface area contributed by atoms with Gasteiger partial charge in [-0.15, -0.1) is 0 Å². The third kappa shape index (κ3) is 6.69. The van der Waals surface area contributed by atoms with Crippen LogP contribution in [0.5, 0.6) is 5.88 Å². The molecular weight excluding hydrogens is 390 g/mol. The largest absolute Gasteiger partial charge is 0.488 e. The Morgan fingerprint density at radius 2 is 1.74 bits per heavy atom. The molecule has 2 aromatic rings. The summed E-state index contributed by atoms with van der Waals surface area (Å²) in [5.41, 5.74) is 1.33. The molecule has 1 amide bonds. The van der Waals surface area contributed by atoms with E-state index in [-0.39, 0.29) is 18.6 Å². The standard InChI is InChI=1S/C25H29N3O3/c29-24(27-21-13-16-28(17-14-21)18-20-6-2-1-3-7-20)19-30-22-9-11-23(12-10-22)31-25-8-4-5-15-26-25/h1-9,11,15,21H,10,12-14,16-19H2,(H,27,29).